The number of sulfonamides is 1. The summed E-state index contributed by atoms with van der Waals surface area (Å²) in [5.41, 5.74) is 0.585. The Balaban J connectivity index is 2.18. The lowest BCUT2D eigenvalue weighted by Crippen LogP contribution is -2.37. The Morgan fingerprint density at radius 3 is 2.50 bits per heavy atom. The minimum absolute atomic E-state index is 0.0311. The van der Waals surface area contributed by atoms with Crippen molar-refractivity contribution in [2.75, 3.05) is 19.3 Å². The van der Waals surface area contributed by atoms with Crippen LogP contribution in [-0.2, 0) is 10.0 Å². The molecule has 0 bridgehead atoms. The van der Waals surface area contributed by atoms with Crippen LogP contribution in [0.5, 0.6) is 0 Å². The van der Waals surface area contributed by atoms with Gasteiger partial charge in [0, 0.05) is 24.8 Å². The molecule has 2 rings (SSSR count). The highest BCUT2D eigenvalue weighted by atomic mass is 32.2. The number of carbonyl (C=O) groups excluding carboxylic acids is 1. The van der Waals surface area contributed by atoms with Crippen LogP contribution in [0.1, 0.15) is 16.2 Å². The molecule has 1 aromatic heterocycles. The van der Waals surface area contributed by atoms with E-state index >= 15 is 0 Å². The number of carbonyl (C=O) groups is 1. The molecule has 128 valence electrons. The monoisotopic (exact) mass is 350 g/mol. The van der Waals surface area contributed by atoms with E-state index in [2.05, 4.69) is 15.1 Å². The molecule has 9 heteroatoms. The average Bonchev–Trinajstić information content (AvgIpc) is 2.51. The molecule has 0 saturated carbocycles. The second-order valence-electron chi connectivity index (χ2n) is 5.17. The largest absolute Gasteiger partial charge is 0.349 e. The molecule has 8 nitrogen and oxygen atoms in total. The molecular weight excluding hydrogens is 332 g/mol. The number of rotatable bonds is 6. The third-order valence-corrected chi connectivity index (χ3v) is 3.83. The number of hydrogen-bond donors (Lipinski definition) is 2. The molecule has 0 atom stereocenters. The van der Waals surface area contributed by atoms with Gasteiger partial charge in [0.05, 0.1) is 11.9 Å². The lowest BCUT2D eigenvalue weighted by atomic mass is 10.2. The summed E-state index contributed by atoms with van der Waals surface area (Å²) in [6.07, 6.45) is 1.02. The van der Waals surface area contributed by atoms with Crippen LogP contribution in [0, 0.1) is 6.92 Å². The number of benzene rings is 1. The van der Waals surface area contributed by atoms with E-state index in [9.17, 15) is 18.0 Å². The van der Waals surface area contributed by atoms with Crippen molar-refractivity contribution in [2.45, 2.75) is 6.92 Å². The normalized spacial score (nSPS) is 11.2. The fourth-order valence-electron chi connectivity index (χ4n) is 2.03. The van der Waals surface area contributed by atoms with Crippen LogP contribution in [0.4, 0.5) is 0 Å². The highest BCUT2D eigenvalue weighted by molar-refractivity contribution is 7.88. The smallest absolute Gasteiger partial charge is 0.275 e. The van der Waals surface area contributed by atoms with Crippen molar-refractivity contribution in [3.8, 4) is 5.69 Å². The molecule has 0 aliphatic rings. The zero-order valence-corrected chi connectivity index (χ0v) is 14.1. The fraction of sp³-hybridized carbons (Fsp3) is 0.267. The second-order valence-corrected chi connectivity index (χ2v) is 7.00. The zero-order chi connectivity index (χ0) is 17.7. The van der Waals surface area contributed by atoms with Gasteiger partial charge in [0.15, 0.2) is 5.69 Å². The maximum Gasteiger partial charge on any atom is 0.275 e. The second kappa shape index (κ2) is 7.37. The van der Waals surface area contributed by atoms with Crippen LogP contribution in [0.25, 0.3) is 5.69 Å². The molecule has 0 saturated heterocycles. The summed E-state index contributed by atoms with van der Waals surface area (Å²) in [7, 11) is -3.33. The van der Waals surface area contributed by atoms with Gasteiger partial charge in [-0.3, -0.25) is 9.59 Å². The first kappa shape index (κ1) is 17.8. The SMILES string of the molecule is Cc1cc(=O)c(C(=O)NCCNS(C)(=O)=O)nn1-c1ccccc1. The van der Waals surface area contributed by atoms with E-state index in [4.69, 9.17) is 0 Å². The van der Waals surface area contributed by atoms with Crippen LogP contribution in [0.2, 0.25) is 0 Å². The van der Waals surface area contributed by atoms with E-state index in [0.717, 1.165) is 11.9 Å². The molecule has 1 aromatic carbocycles. The van der Waals surface area contributed by atoms with Gasteiger partial charge in [-0.05, 0) is 19.1 Å². The Bertz CT molecular complexity index is 891. The maximum atomic E-state index is 12.1. The van der Waals surface area contributed by atoms with E-state index < -0.39 is 21.4 Å². The molecule has 2 aromatic rings. The Labute approximate surface area is 139 Å². The number of amides is 1. The zero-order valence-electron chi connectivity index (χ0n) is 13.3. The highest BCUT2D eigenvalue weighted by Crippen LogP contribution is 2.07. The van der Waals surface area contributed by atoms with Crippen molar-refractivity contribution in [1.82, 2.24) is 19.8 Å². The van der Waals surface area contributed by atoms with Gasteiger partial charge in [-0.15, -0.1) is 0 Å². The van der Waals surface area contributed by atoms with E-state index in [1.807, 2.05) is 30.3 Å². The number of aryl methyl sites for hydroxylation is 1. The fourth-order valence-corrected chi connectivity index (χ4v) is 2.50. The predicted octanol–water partition coefficient (Wildman–Crippen LogP) is -0.180. The molecule has 0 radical (unpaired) electrons. The Hall–Kier alpha value is -2.52. The first-order chi connectivity index (χ1) is 11.3. The lowest BCUT2D eigenvalue weighted by molar-refractivity contribution is 0.0946. The molecule has 1 amide bonds. The van der Waals surface area contributed by atoms with Crippen LogP contribution in [0.15, 0.2) is 41.2 Å². The van der Waals surface area contributed by atoms with Gasteiger partial charge in [-0.1, -0.05) is 18.2 Å². The quantitative estimate of drug-likeness (QED) is 0.702. The minimum Gasteiger partial charge on any atom is -0.349 e. The topological polar surface area (TPSA) is 110 Å². The van der Waals surface area contributed by atoms with Gasteiger partial charge in [0.25, 0.3) is 5.91 Å². The van der Waals surface area contributed by atoms with Crippen LogP contribution in [-0.4, -0.2) is 43.5 Å². The molecule has 0 unspecified atom stereocenters. The van der Waals surface area contributed by atoms with Crippen molar-refractivity contribution in [1.29, 1.82) is 0 Å². The van der Waals surface area contributed by atoms with Crippen LogP contribution >= 0.6 is 0 Å². The van der Waals surface area contributed by atoms with Crippen LogP contribution < -0.4 is 15.5 Å². The van der Waals surface area contributed by atoms with Gasteiger partial charge in [0.1, 0.15) is 0 Å². The first-order valence-corrected chi connectivity index (χ1v) is 9.06. The molecular formula is C15H18N4O4S. The van der Waals surface area contributed by atoms with Gasteiger partial charge >= 0.3 is 0 Å². The highest BCUT2D eigenvalue weighted by Gasteiger charge is 2.15. The standard InChI is InChI=1S/C15H18N4O4S/c1-11-10-13(20)14(15(21)16-8-9-17-24(2,22)23)18-19(11)12-6-4-3-5-7-12/h3-7,10,17H,8-9H2,1-2H3,(H,16,21). The van der Waals surface area contributed by atoms with Crippen molar-refractivity contribution in [3.63, 3.8) is 0 Å². The van der Waals surface area contributed by atoms with Crippen molar-refractivity contribution >= 4 is 15.9 Å². The van der Waals surface area contributed by atoms with E-state index in [1.54, 1.807) is 6.92 Å². The summed E-state index contributed by atoms with van der Waals surface area (Å²) in [6, 6.07) is 10.5. The first-order valence-electron chi connectivity index (χ1n) is 7.17. The number of hydrogen-bond acceptors (Lipinski definition) is 5. The number of para-hydroxylation sites is 1. The average molecular weight is 350 g/mol. The molecule has 24 heavy (non-hydrogen) atoms. The molecule has 0 aliphatic carbocycles. The summed E-state index contributed by atoms with van der Waals surface area (Å²) >= 11 is 0. The third kappa shape index (κ3) is 4.74. The van der Waals surface area contributed by atoms with Crippen molar-refractivity contribution < 1.29 is 13.2 Å². The molecule has 1 heterocycles. The molecule has 0 spiro atoms. The van der Waals surface area contributed by atoms with Crippen LogP contribution in [0.3, 0.4) is 0 Å². The predicted molar refractivity (Wildman–Crippen MR) is 89.8 cm³/mol. The molecule has 2 N–H and O–H groups in total. The summed E-state index contributed by atoms with van der Waals surface area (Å²) in [5.74, 6) is -0.653. The Kier molecular flexibility index (Phi) is 5.47. The van der Waals surface area contributed by atoms with Gasteiger partial charge in [-0.2, -0.15) is 5.10 Å². The number of aromatic nitrogens is 2. The van der Waals surface area contributed by atoms with Gasteiger partial charge < -0.3 is 5.32 Å². The molecule has 0 fully saturated rings. The number of nitrogens with zero attached hydrogens (tertiary/aromatic N) is 2. The Morgan fingerprint density at radius 2 is 1.88 bits per heavy atom. The summed E-state index contributed by atoms with van der Waals surface area (Å²) in [6.45, 7) is 1.80. The van der Waals surface area contributed by atoms with Gasteiger partial charge in [-0.25, -0.2) is 17.8 Å². The lowest BCUT2D eigenvalue weighted by Gasteiger charge is -2.11. The van der Waals surface area contributed by atoms with E-state index in [0.29, 0.717) is 5.69 Å². The maximum absolute atomic E-state index is 12.1. The van der Waals surface area contributed by atoms with Gasteiger partial charge in [0.2, 0.25) is 15.5 Å². The van der Waals surface area contributed by atoms with E-state index in [-0.39, 0.29) is 18.8 Å². The third-order valence-electron chi connectivity index (χ3n) is 3.10. The summed E-state index contributed by atoms with van der Waals surface area (Å²) < 4.78 is 25.6. The Morgan fingerprint density at radius 1 is 1.21 bits per heavy atom. The molecule has 0 aliphatic heterocycles. The van der Waals surface area contributed by atoms with Crippen molar-refractivity contribution in [3.05, 3.63) is 58.0 Å². The minimum atomic E-state index is -3.33. The summed E-state index contributed by atoms with van der Waals surface area (Å²) in [5, 5.41) is 6.59. The van der Waals surface area contributed by atoms with Crippen molar-refractivity contribution in [2.24, 2.45) is 0 Å². The summed E-state index contributed by atoms with van der Waals surface area (Å²) in [4.78, 5) is 24.1. The number of nitrogens with one attached hydrogen (secondary N) is 2. The van der Waals surface area contributed by atoms with E-state index in [1.165, 1.54) is 10.7 Å².